The molecule has 0 rings (SSSR count). The summed E-state index contributed by atoms with van der Waals surface area (Å²) >= 11 is 0. The second kappa shape index (κ2) is 7.80. The summed E-state index contributed by atoms with van der Waals surface area (Å²) in [5.41, 5.74) is 0. The second-order valence-electron chi connectivity index (χ2n) is 3.14. The summed E-state index contributed by atoms with van der Waals surface area (Å²) in [6.07, 6.45) is 5.96. The molecular formula is C10H19NO2. The SMILES string of the molecule is C=CCC(CCCC)NCC(=O)O. The van der Waals surface area contributed by atoms with Crippen LogP contribution in [0.4, 0.5) is 0 Å². The molecule has 1 atom stereocenters. The molecule has 13 heavy (non-hydrogen) atoms. The summed E-state index contributed by atoms with van der Waals surface area (Å²) in [5, 5.41) is 11.5. The lowest BCUT2D eigenvalue weighted by atomic mass is 10.1. The molecule has 2 N–H and O–H groups in total. The number of carbonyl (C=O) groups is 1. The third-order valence-electron chi connectivity index (χ3n) is 1.90. The van der Waals surface area contributed by atoms with E-state index in [2.05, 4.69) is 18.8 Å². The molecule has 0 amide bonds. The smallest absolute Gasteiger partial charge is 0.317 e. The Kier molecular flexibility index (Phi) is 7.30. The summed E-state index contributed by atoms with van der Waals surface area (Å²) in [6, 6.07) is 0.272. The monoisotopic (exact) mass is 185 g/mol. The maximum Gasteiger partial charge on any atom is 0.317 e. The van der Waals surface area contributed by atoms with E-state index in [4.69, 9.17) is 5.11 Å². The van der Waals surface area contributed by atoms with E-state index in [1.807, 2.05) is 6.08 Å². The third-order valence-corrected chi connectivity index (χ3v) is 1.90. The van der Waals surface area contributed by atoms with Gasteiger partial charge in [-0.05, 0) is 12.8 Å². The van der Waals surface area contributed by atoms with E-state index >= 15 is 0 Å². The van der Waals surface area contributed by atoms with Crippen LogP contribution in [0.5, 0.6) is 0 Å². The Morgan fingerprint density at radius 2 is 2.38 bits per heavy atom. The van der Waals surface area contributed by atoms with Crippen molar-refractivity contribution in [1.29, 1.82) is 0 Å². The number of carboxylic acid groups (broad SMARTS) is 1. The molecule has 0 saturated carbocycles. The van der Waals surface area contributed by atoms with Crippen LogP contribution in [-0.2, 0) is 4.79 Å². The maximum atomic E-state index is 10.3. The molecule has 0 aromatic rings. The minimum Gasteiger partial charge on any atom is -0.480 e. The number of nitrogens with one attached hydrogen (secondary N) is 1. The standard InChI is InChI=1S/C10H19NO2/c1-3-5-7-9(6-4-2)11-8-10(12)13/h4,9,11H,2-3,5-8H2,1H3,(H,12,13). The first-order valence-corrected chi connectivity index (χ1v) is 4.76. The number of hydrogen-bond acceptors (Lipinski definition) is 2. The number of unbranched alkanes of at least 4 members (excludes halogenated alkanes) is 1. The van der Waals surface area contributed by atoms with Gasteiger partial charge in [-0.25, -0.2) is 0 Å². The largest absolute Gasteiger partial charge is 0.480 e. The van der Waals surface area contributed by atoms with Crippen LogP contribution >= 0.6 is 0 Å². The van der Waals surface area contributed by atoms with Gasteiger partial charge in [0.2, 0.25) is 0 Å². The lowest BCUT2D eigenvalue weighted by molar-refractivity contribution is -0.136. The van der Waals surface area contributed by atoms with Gasteiger partial charge < -0.3 is 10.4 Å². The number of rotatable bonds is 8. The number of aliphatic carboxylic acids is 1. The molecule has 0 aliphatic rings. The van der Waals surface area contributed by atoms with Crippen LogP contribution < -0.4 is 5.32 Å². The number of carboxylic acids is 1. The van der Waals surface area contributed by atoms with Crippen LogP contribution in [0.15, 0.2) is 12.7 Å². The topological polar surface area (TPSA) is 49.3 Å². The molecule has 0 aliphatic carbocycles. The highest BCUT2D eigenvalue weighted by Gasteiger charge is 2.06. The fourth-order valence-electron chi connectivity index (χ4n) is 1.19. The quantitative estimate of drug-likeness (QED) is 0.567. The van der Waals surface area contributed by atoms with Gasteiger partial charge in [0.25, 0.3) is 0 Å². The van der Waals surface area contributed by atoms with Crippen molar-refractivity contribution in [1.82, 2.24) is 5.32 Å². The molecule has 0 aromatic carbocycles. The Morgan fingerprint density at radius 3 is 2.85 bits per heavy atom. The molecule has 0 aliphatic heterocycles. The van der Waals surface area contributed by atoms with Gasteiger partial charge in [-0.3, -0.25) is 4.79 Å². The Labute approximate surface area is 79.8 Å². The Morgan fingerprint density at radius 1 is 1.69 bits per heavy atom. The lowest BCUT2D eigenvalue weighted by Crippen LogP contribution is -2.33. The van der Waals surface area contributed by atoms with Crippen molar-refractivity contribution in [2.75, 3.05) is 6.54 Å². The van der Waals surface area contributed by atoms with Gasteiger partial charge in [-0.2, -0.15) is 0 Å². The zero-order valence-corrected chi connectivity index (χ0v) is 8.25. The van der Waals surface area contributed by atoms with Gasteiger partial charge in [0, 0.05) is 6.04 Å². The zero-order valence-electron chi connectivity index (χ0n) is 8.25. The Balaban J connectivity index is 3.65. The molecule has 1 unspecified atom stereocenters. The first-order chi connectivity index (χ1) is 6.20. The van der Waals surface area contributed by atoms with E-state index < -0.39 is 5.97 Å². The average Bonchev–Trinajstić information content (AvgIpc) is 2.09. The molecule has 0 bridgehead atoms. The molecule has 0 aromatic heterocycles. The summed E-state index contributed by atoms with van der Waals surface area (Å²) < 4.78 is 0. The Hall–Kier alpha value is -0.830. The molecular weight excluding hydrogens is 166 g/mol. The minimum atomic E-state index is -0.800. The van der Waals surface area contributed by atoms with Gasteiger partial charge in [0.15, 0.2) is 0 Å². The molecule has 3 heteroatoms. The first-order valence-electron chi connectivity index (χ1n) is 4.76. The van der Waals surface area contributed by atoms with Crippen molar-refractivity contribution in [2.24, 2.45) is 0 Å². The van der Waals surface area contributed by atoms with Gasteiger partial charge in [-0.15, -0.1) is 6.58 Å². The van der Waals surface area contributed by atoms with Crippen molar-refractivity contribution in [3.63, 3.8) is 0 Å². The van der Waals surface area contributed by atoms with Crippen LogP contribution in [0.2, 0.25) is 0 Å². The van der Waals surface area contributed by atoms with E-state index in [9.17, 15) is 4.79 Å². The summed E-state index contributed by atoms with van der Waals surface area (Å²) in [4.78, 5) is 10.3. The van der Waals surface area contributed by atoms with Crippen LogP contribution in [-0.4, -0.2) is 23.7 Å². The van der Waals surface area contributed by atoms with Crippen molar-refractivity contribution >= 4 is 5.97 Å². The molecule has 0 heterocycles. The fraction of sp³-hybridized carbons (Fsp3) is 0.700. The van der Waals surface area contributed by atoms with E-state index in [0.717, 1.165) is 25.7 Å². The molecule has 0 spiro atoms. The zero-order chi connectivity index (χ0) is 10.1. The van der Waals surface area contributed by atoms with Crippen molar-refractivity contribution < 1.29 is 9.90 Å². The van der Waals surface area contributed by atoms with Gasteiger partial charge >= 0.3 is 5.97 Å². The van der Waals surface area contributed by atoms with Gasteiger partial charge in [0.05, 0.1) is 6.54 Å². The van der Waals surface area contributed by atoms with Crippen LogP contribution in [0.25, 0.3) is 0 Å². The highest BCUT2D eigenvalue weighted by Crippen LogP contribution is 2.04. The summed E-state index contributed by atoms with van der Waals surface area (Å²) in [5.74, 6) is -0.800. The molecule has 76 valence electrons. The number of hydrogen-bond donors (Lipinski definition) is 2. The molecule has 0 fully saturated rings. The van der Waals surface area contributed by atoms with Crippen LogP contribution in [0.1, 0.15) is 32.6 Å². The maximum absolute atomic E-state index is 10.3. The predicted octanol–water partition coefficient (Wildman–Crippen LogP) is 1.80. The summed E-state index contributed by atoms with van der Waals surface area (Å²) in [7, 11) is 0. The molecule has 0 saturated heterocycles. The first kappa shape index (κ1) is 12.2. The predicted molar refractivity (Wildman–Crippen MR) is 53.8 cm³/mol. The van der Waals surface area contributed by atoms with Gasteiger partial charge in [0.1, 0.15) is 0 Å². The van der Waals surface area contributed by atoms with Crippen LogP contribution in [0.3, 0.4) is 0 Å². The minimum absolute atomic E-state index is 0.0439. The van der Waals surface area contributed by atoms with E-state index in [1.54, 1.807) is 0 Å². The molecule has 3 nitrogen and oxygen atoms in total. The third kappa shape index (κ3) is 7.53. The van der Waals surface area contributed by atoms with Crippen molar-refractivity contribution in [2.45, 2.75) is 38.6 Å². The van der Waals surface area contributed by atoms with E-state index in [-0.39, 0.29) is 12.6 Å². The fourth-order valence-corrected chi connectivity index (χ4v) is 1.19. The highest BCUT2D eigenvalue weighted by atomic mass is 16.4. The van der Waals surface area contributed by atoms with Crippen molar-refractivity contribution in [3.05, 3.63) is 12.7 Å². The Bertz CT molecular complexity index is 157. The highest BCUT2D eigenvalue weighted by molar-refractivity contribution is 5.69. The second-order valence-corrected chi connectivity index (χ2v) is 3.14. The summed E-state index contributed by atoms with van der Waals surface area (Å²) in [6.45, 7) is 5.82. The normalized spacial score (nSPS) is 12.4. The van der Waals surface area contributed by atoms with Crippen LogP contribution in [0, 0.1) is 0 Å². The average molecular weight is 185 g/mol. The van der Waals surface area contributed by atoms with E-state index in [1.165, 1.54) is 0 Å². The van der Waals surface area contributed by atoms with Crippen molar-refractivity contribution in [3.8, 4) is 0 Å². The molecule has 0 radical (unpaired) electrons. The van der Waals surface area contributed by atoms with Gasteiger partial charge in [-0.1, -0.05) is 25.8 Å². The lowest BCUT2D eigenvalue weighted by Gasteiger charge is -2.14. The van der Waals surface area contributed by atoms with E-state index in [0.29, 0.717) is 0 Å².